The van der Waals surface area contributed by atoms with Gasteiger partial charge in [-0.05, 0) is 84.3 Å². The lowest BCUT2D eigenvalue weighted by atomic mass is 10.1. The highest BCUT2D eigenvalue weighted by Gasteiger charge is 2.45. The molecule has 0 aliphatic heterocycles. The van der Waals surface area contributed by atoms with Crippen LogP contribution >= 0.6 is 22.6 Å². The van der Waals surface area contributed by atoms with Crippen molar-refractivity contribution in [1.82, 2.24) is 5.48 Å². The lowest BCUT2D eigenvalue weighted by Crippen LogP contribution is -2.33. The first-order valence-electron chi connectivity index (χ1n) is 7.84. The van der Waals surface area contributed by atoms with Crippen molar-refractivity contribution in [2.45, 2.75) is 25.4 Å². The van der Waals surface area contributed by atoms with E-state index in [2.05, 4.69) is 33.4 Å². The summed E-state index contributed by atoms with van der Waals surface area (Å²) in [4.78, 5) is 17.7. The summed E-state index contributed by atoms with van der Waals surface area (Å²) in [6.07, 6.45) is 1.39. The number of aliphatic hydroxyl groups is 1. The molecule has 0 spiro atoms. The van der Waals surface area contributed by atoms with Gasteiger partial charge in [0.05, 0.1) is 17.9 Å². The first kappa shape index (κ1) is 18.1. The molecule has 0 bridgehead atoms. The number of aryl methyl sites for hydroxylation is 1. The minimum Gasteiger partial charge on any atom is -0.393 e. The van der Waals surface area contributed by atoms with Gasteiger partial charge in [-0.3, -0.25) is 9.63 Å². The third-order valence-corrected chi connectivity index (χ3v) is 4.81. The molecule has 2 aromatic rings. The molecule has 1 amide bonds. The molecule has 0 aromatic heterocycles. The Morgan fingerprint density at radius 2 is 2.04 bits per heavy atom. The van der Waals surface area contributed by atoms with Crippen LogP contribution < -0.4 is 10.8 Å². The number of nitrogens with one attached hydrogen (secondary N) is 2. The summed E-state index contributed by atoms with van der Waals surface area (Å²) in [5, 5.41) is 12.3. The number of carbonyl (C=O) groups is 1. The average Bonchev–Trinajstić information content (AvgIpc) is 3.36. The van der Waals surface area contributed by atoms with Crippen molar-refractivity contribution in [3.05, 3.63) is 56.9 Å². The lowest BCUT2D eigenvalue weighted by Gasteiger charge is -2.16. The van der Waals surface area contributed by atoms with Crippen LogP contribution in [0.4, 0.5) is 15.8 Å². The smallest absolute Gasteiger partial charge is 0.276 e. The summed E-state index contributed by atoms with van der Waals surface area (Å²) < 4.78 is 14.8. The zero-order chi connectivity index (χ0) is 18.0. The molecule has 1 saturated carbocycles. The first-order chi connectivity index (χ1) is 11.9. The second-order valence-electron chi connectivity index (χ2n) is 6.15. The van der Waals surface area contributed by atoms with Crippen LogP contribution in [0.25, 0.3) is 0 Å². The number of halogens is 2. The van der Waals surface area contributed by atoms with Gasteiger partial charge in [-0.2, -0.15) is 0 Å². The van der Waals surface area contributed by atoms with Crippen molar-refractivity contribution in [2.75, 3.05) is 11.9 Å². The highest BCUT2D eigenvalue weighted by Crippen LogP contribution is 2.38. The number of amides is 1. The largest absolute Gasteiger partial charge is 0.393 e. The van der Waals surface area contributed by atoms with E-state index in [0.717, 1.165) is 14.8 Å². The maximum absolute atomic E-state index is 13.7. The summed E-state index contributed by atoms with van der Waals surface area (Å²) in [7, 11) is 0. The molecule has 5 nitrogen and oxygen atoms in total. The minimum atomic E-state index is -0.671. The summed E-state index contributed by atoms with van der Waals surface area (Å²) >= 11 is 2.21. The Morgan fingerprint density at radius 3 is 2.68 bits per heavy atom. The summed E-state index contributed by atoms with van der Waals surface area (Å²) in [6, 6.07) is 9.69. The highest BCUT2D eigenvalue weighted by atomic mass is 127. The van der Waals surface area contributed by atoms with Gasteiger partial charge in [-0.25, -0.2) is 9.87 Å². The fourth-order valence-corrected chi connectivity index (χ4v) is 3.02. The number of hydroxylamine groups is 1. The number of benzene rings is 2. The molecule has 0 radical (unpaired) electrons. The highest BCUT2D eigenvalue weighted by molar-refractivity contribution is 14.1. The van der Waals surface area contributed by atoms with Gasteiger partial charge in [0.1, 0.15) is 11.4 Å². The summed E-state index contributed by atoms with van der Waals surface area (Å²) in [5.74, 6) is -0.942. The molecule has 0 atom stereocenters. The number of rotatable bonds is 6. The second-order valence-corrected chi connectivity index (χ2v) is 7.39. The van der Waals surface area contributed by atoms with Crippen LogP contribution in [0.5, 0.6) is 0 Å². The van der Waals surface area contributed by atoms with Crippen LogP contribution in [0, 0.1) is 16.3 Å². The fourth-order valence-electron chi connectivity index (χ4n) is 2.37. The molecule has 0 saturated heterocycles. The molecule has 132 valence electrons. The van der Waals surface area contributed by atoms with Gasteiger partial charge in [-0.15, -0.1) is 0 Å². The van der Waals surface area contributed by atoms with Crippen molar-refractivity contribution >= 4 is 39.9 Å². The van der Waals surface area contributed by atoms with Gasteiger partial charge in [-0.1, -0.05) is 0 Å². The van der Waals surface area contributed by atoms with E-state index in [0.29, 0.717) is 18.5 Å². The van der Waals surface area contributed by atoms with Crippen molar-refractivity contribution in [1.29, 1.82) is 0 Å². The van der Waals surface area contributed by atoms with Crippen LogP contribution in [0.2, 0.25) is 0 Å². The molecule has 2 aromatic carbocycles. The van der Waals surface area contributed by atoms with Crippen LogP contribution in [0.1, 0.15) is 28.8 Å². The lowest BCUT2D eigenvalue weighted by molar-refractivity contribution is -0.0566. The molecule has 1 aliphatic rings. The average molecular weight is 456 g/mol. The molecular weight excluding hydrogens is 438 g/mol. The van der Waals surface area contributed by atoms with Gasteiger partial charge < -0.3 is 10.4 Å². The minimum absolute atomic E-state index is 0.149. The monoisotopic (exact) mass is 456 g/mol. The topological polar surface area (TPSA) is 70.6 Å². The van der Waals surface area contributed by atoms with Gasteiger partial charge in [0.25, 0.3) is 5.91 Å². The summed E-state index contributed by atoms with van der Waals surface area (Å²) in [5.41, 5.74) is 4.06. The molecule has 3 rings (SSSR count). The predicted octanol–water partition coefficient (Wildman–Crippen LogP) is 3.67. The molecule has 1 fully saturated rings. The molecular formula is C18H18FIN2O3. The normalized spacial score (nSPS) is 14.9. The predicted molar refractivity (Wildman–Crippen MR) is 101 cm³/mol. The van der Waals surface area contributed by atoms with Gasteiger partial charge in [0.2, 0.25) is 0 Å². The maximum atomic E-state index is 13.7. The maximum Gasteiger partial charge on any atom is 0.276 e. The molecule has 25 heavy (non-hydrogen) atoms. The van der Waals surface area contributed by atoms with E-state index in [4.69, 9.17) is 4.84 Å². The van der Waals surface area contributed by atoms with E-state index >= 15 is 0 Å². The number of hydrogen-bond donors (Lipinski definition) is 3. The van der Waals surface area contributed by atoms with Crippen LogP contribution in [-0.2, 0) is 4.84 Å². The van der Waals surface area contributed by atoms with Gasteiger partial charge >= 0.3 is 0 Å². The Balaban J connectivity index is 1.81. The van der Waals surface area contributed by atoms with E-state index in [1.165, 1.54) is 18.2 Å². The molecule has 0 heterocycles. The van der Waals surface area contributed by atoms with Crippen molar-refractivity contribution in [3.63, 3.8) is 0 Å². The fraction of sp³-hybridized carbons (Fsp3) is 0.278. The van der Waals surface area contributed by atoms with E-state index in [-0.39, 0.29) is 12.2 Å². The number of aliphatic hydroxyl groups excluding tert-OH is 1. The first-order valence-corrected chi connectivity index (χ1v) is 8.92. The number of anilines is 2. The van der Waals surface area contributed by atoms with Gasteiger partial charge in [0.15, 0.2) is 0 Å². The van der Waals surface area contributed by atoms with E-state index in [1.54, 1.807) is 0 Å². The van der Waals surface area contributed by atoms with E-state index < -0.39 is 17.3 Å². The number of hydrogen-bond acceptors (Lipinski definition) is 4. The standard InChI is InChI=1S/C18H18FIN2O3/c1-11-8-13(20)3-5-15(11)21-16-9-12(19)2-4-14(16)17(24)22-25-18(10-23)6-7-18/h2-5,8-9,21,23H,6-7,10H2,1H3,(H,22,24). The molecule has 3 N–H and O–H groups in total. The van der Waals surface area contributed by atoms with E-state index in [1.807, 2.05) is 25.1 Å². The Bertz CT molecular complexity index is 809. The van der Waals surface area contributed by atoms with E-state index in [9.17, 15) is 14.3 Å². The zero-order valence-electron chi connectivity index (χ0n) is 13.6. The van der Waals surface area contributed by atoms with Crippen molar-refractivity contribution < 1.29 is 19.1 Å². The number of carbonyl (C=O) groups excluding carboxylic acids is 1. The second kappa shape index (κ2) is 7.27. The quantitative estimate of drug-likeness (QED) is 0.459. The molecule has 1 aliphatic carbocycles. The van der Waals surface area contributed by atoms with Crippen LogP contribution in [0.3, 0.4) is 0 Å². The Kier molecular flexibility index (Phi) is 5.26. The third-order valence-electron chi connectivity index (χ3n) is 4.14. The van der Waals surface area contributed by atoms with Crippen LogP contribution in [0.15, 0.2) is 36.4 Å². The summed E-state index contributed by atoms with van der Waals surface area (Å²) in [6.45, 7) is 1.79. The Hall–Kier alpha value is -1.71. The third kappa shape index (κ3) is 4.28. The Morgan fingerprint density at radius 1 is 1.28 bits per heavy atom. The van der Waals surface area contributed by atoms with Crippen molar-refractivity contribution in [3.8, 4) is 0 Å². The van der Waals surface area contributed by atoms with Gasteiger partial charge in [0, 0.05) is 9.26 Å². The van der Waals surface area contributed by atoms with Crippen LogP contribution in [-0.4, -0.2) is 23.2 Å². The zero-order valence-corrected chi connectivity index (χ0v) is 15.8. The van der Waals surface area contributed by atoms with Crippen molar-refractivity contribution in [2.24, 2.45) is 0 Å². The molecule has 0 unspecified atom stereocenters. The molecule has 7 heteroatoms. The SMILES string of the molecule is Cc1cc(I)ccc1Nc1cc(F)ccc1C(=O)NOC1(CO)CC1. The Labute approximate surface area is 158 Å².